The van der Waals surface area contributed by atoms with Gasteiger partial charge in [-0.15, -0.1) is 0 Å². The number of hydrogen-bond acceptors (Lipinski definition) is 4. The zero-order chi connectivity index (χ0) is 13.4. The first-order valence-electron chi connectivity index (χ1n) is 5.67. The van der Waals surface area contributed by atoms with Crippen LogP contribution >= 0.6 is 0 Å². The van der Waals surface area contributed by atoms with Crippen molar-refractivity contribution in [2.24, 2.45) is 0 Å². The standard InChI is InChI=1S/C12H17FN2O3/c13-9-2-3-11(14)10(8-9)12(17)15-4-1-6-18-7-5-16/h2-3,8,16H,1,4-7,14H2,(H,15,17). The molecule has 5 nitrogen and oxygen atoms in total. The van der Waals surface area contributed by atoms with Crippen molar-refractivity contribution < 1.29 is 19.0 Å². The number of nitrogen functional groups attached to an aromatic ring is 1. The fraction of sp³-hybridized carbons (Fsp3) is 0.417. The van der Waals surface area contributed by atoms with Gasteiger partial charge in [-0.1, -0.05) is 0 Å². The Bertz CT molecular complexity index is 399. The van der Waals surface area contributed by atoms with Gasteiger partial charge in [-0.3, -0.25) is 4.79 Å². The first-order chi connectivity index (χ1) is 8.65. The lowest BCUT2D eigenvalue weighted by Gasteiger charge is -2.07. The minimum atomic E-state index is -0.499. The third kappa shape index (κ3) is 4.68. The smallest absolute Gasteiger partial charge is 0.253 e. The molecule has 0 unspecified atom stereocenters. The lowest BCUT2D eigenvalue weighted by molar-refractivity contribution is 0.0868. The minimum absolute atomic E-state index is 0.0216. The highest BCUT2D eigenvalue weighted by atomic mass is 19.1. The van der Waals surface area contributed by atoms with E-state index in [2.05, 4.69) is 5.32 Å². The van der Waals surface area contributed by atoms with E-state index in [4.69, 9.17) is 15.6 Å². The molecule has 0 bridgehead atoms. The molecule has 6 heteroatoms. The van der Waals surface area contributed by atoms with E-state index < -0.39 is 11.7 Å². The number of benzene rings is 1. The summed E-state index contributed by atoms with van der Waals surface area (Å²) < 4.78 is 18.0. The van der Waals surface area contributed by atoms with Crippen LogP contribution in [-0.2, 0) is 4.74 Å². The SMILES string of the molecule is Nc1ccc(F)cc1C(=O)NCCCOCCO. The molecule has 1 aromatic carbocycles. The molecule has 0 spiro atoms. The van der Waals surface area contributed by atoms with Gasteiger partial charge in [-0.25, -0.2) is 4.39 Å². The second-order valence-corrected chi connectivity index (χ2v) is 3.68. The first kappa shape index (κ1) is 14.4. The number of carbonyl (C=O) groups is 1. The predicted octanol–water partition coefficient (Wildman–Crippen LogP) is 0.537. The maximum absolute atomic E-state index is 13.0. The topological polar surface area (TPSA) is 84.6 Å². The van der Waals surface area contributed by atoms with Crippen LogP contribution in [0.4, 0.5) is 10.1 Å². The predicted molar refractivity (Wildman–Crippen MR) is 65.7 cm³/mol. The number of nitrogens with one attached hydrogen (secondary N) is 1. The minimum Gasteiger partial charge on any atom is -0.398 e. The Morgan fingerprint density at radius 1 is 1.44 bits per heavy atom. The molecule has 18 heavy (non-hydrogen) atoms. The maximum Gasteiger partial charge on any atom is 0.253 e. The average molecular weight is 256 g/mol. The van der Waals surface area contributed by atoms with E-state index in [9.17, 15) is 9.18 Å². The molecule has 0 saturated carbocycles. The maximum atomic E-state index is 13.0. The average Bonchev–Trinajstić information content (AvgIpc) is 2.36. The normalized spacial score (nSPS) is 10.3. The lowest BCUT2D eigenvalue weighted by Crippen LogP contribution is -2.26. The number of aliphatic hydroxyl groups is 1. The molecule has 0 saturated heterocycles. The van der Waals surface area contributed by atoms with Crippen LogP contribution in [0.1, 0.15) is 16.8 Å². The molecule has 0 aliphatic carbocycles. The van der Waals surface area contributed by atoms with Gasteiger partial charge < -0.3 is 20.9 Å². The van der Waals surface area contributed by atoms with Crippen molar-refractivity contribution in [2.75, 3.05) is 32.1 Å². The van der Waals surface area contributed by atoms with Gasteiger partial charge in [0.25, 0.3) is 5.91 Å². The third-order valence-electron chi connectivity index (χ3n) is 2.25. The van der Waals surface area contributed by atoms with Crippen LogP contribution in [0.3, 0.4) is 0 Å². The summed E-state index contributed by atoms with van der Waals surface area (Å²) in [4.78, 5) is 11.7. The summed E-state index contributed by atoms with van der Waals surface area (Å²) in [6, 6.07) is 3.66. The number of hydrogen-bond donors (Lipinski definition) is 3. The summed E-state index contributed by atoms with van der Waals surface area (Å²) in [5, 5.41) is 11.1. The quantitative estimate of drug-likeness (QED) is 0.491. The molecule has 0 heterocycles. The second kappa shape index (κ2) is 7.62. The number of carbonyl (C=O) groups excluding carboxylic acids is 1. The molecule has 1 aromatic rings. The van der Waals surface area contributed by atoms with Crippen molar-refractivity contribution in [2.45, 2.75) is 6.42 Å². The van der Waals surface area contributed by atoms with Crippen LogP contribution < -0.4 is 11.1 Å². The van der Waals surface area contributed by atoms with Gasteiger partial charge in [0.2, 0.25) is 0 Å². The molecule has 1 amide bonds. The molecule has 0 aliphatic rings. The summed E-state index contributed by atoms with van der Waals surface area (Å²) >= 11 is 0. The summed E-state index contributed by atoms with van der Waals surface area (Å²) in [5.41, 5.74) is 5.95. The number of anilines is 1. The van der Waals surface area contributed by atoms with Gasteiger partial charge in [0.15, 0.2) is 0 Å². The highest BCUT2D eigenvalue weighted by Gasteiger charge is 2.09. The van der Waals surface area contributed by atoms with E-state index in [0.717, 1.165) is 6.07 Å². The van der Waals surface area contributed by atoms with E-state index in [1.54, 1.807) is 0 Å². The monoisotopic (exact) mass is 256 g/mol. The Kier molecular flexibility index (Phi) is 6.10. The summed E-state index contributed by atoms with van der Waals surface area (Å²) in [7, 11) is 0. The van der Waals surface area contributed by atoms with Gasteiger partial charge >= 0.3 is 0 Å². The van der Waals surface area contributed by atoms with Crippen LogP contribution in [0.15, 0.2) is 18.2 Å². The number of ether oxygens (including phenoxy) is 1. The number of nitrogens with two attached hydrogens (primary N) is 1. The molecule has 0 atom stereocenters. The van der Waals surface area contributed by atoms with Crippen molar-refractivity contribution in [3.8, 4) is 0 Å². The number of amides is 1. The zero-order valence-electron chi connectivity index (χ0n) is 9.99. The Labute approximate surface area is 105 Å². The van der Waals surface area contributed by atoms with Crippen LogP contribution in [0, 0.1) is 5.82 Å². The first-order valence-corrected chi connectivity index (χ1v) is 5.67. The molecule has 100 valence electrons. The summed E-state index contributed by atoms with van der Waals surface area (Å²) in [5.74, 6) is -0.908. The van der Waals surface area contributed by atoms with Crippen molar-refractivity contribution in [1.82, 2.24) is 5.32 Å². The molecule has 0 fully saturated rings. The van der Waals surface area contributed by atoms with Gasteiger partial charge in [0.1, 0.15) is 5.82 Å². The Morgan fingerprint density at radius 2 is 2.22 bits per heavy atom. The highest BCUT2D eigenvalue weighted by molar-refractivity contribution is 5.99. The number of aliphatic hydroxyl groups excluding tert-OH is 1. The van der Waals surface area contributed by atoms with Gasteiger partial charge in [0.05, 0.1) is 18.8 Å². The lowest BCUT2D eigenvalue weighted by atomic mass is 10.1. The van der Waals surface area contributed by atoms with E-state index in [0.29, 0.717) is 19.6 Å². The Balaban J connectivity index is 2.34. The zero-order valence-corrected chi connectivity index (χ0v) is 9.99. The molecule has 4 N–H and O–H groups in total. The van der Waals surface area contributed by atoms with Crippen LogP contribution in [0.25, 0.3) is 0 Å². The van der Waals surface area contributed by atoms with Crippen molar-refractivity contribution in [3.63, 3.8) is 0 Å². The van der Waals surface area contributed by atoms with E-state index in [1.807, 2.05) is 0 Å². The van der Waals surface area contributed by atoms with Crippen molar-refractivity contribution >= 4 is 11.6 Å². The van der Waals surface area contributed by atoms with Gasteiger partial charge in [0, 0.05) is 18.8 Å². The molecular weight excluding hydrogens is 239 g/mol. The fourth-order valence-corrected chi connectivity index (χ4v) is 1.36. The van der Waals surface area contributed by atoms with Gasteiger partial charge in [-0.05, 0) is 24.6 Å². The van der Waals surface area contributed by atoms with Crippen LogP contribution in [0.2, 0.25) is 0 Å². The van der Waals surface area contributed by atoms with E-state index >= 15 is 0 Å². The fourth-order valence-electron chi connectivity index (χ4n) is 1.36. The van der Waals surface area contributed by atoms with E-state index in [1.165, 1.54) is 12.1 Å². The number of halogens is 1. The molecule has 1 rings (SSSR count). The summed E-state index contributed by atoms with van der Waals surface area (Å²) in [6.07, 6.45) is 0.612. The van der Waals surface area contributed by atoms with Crippen molar-refractivity contribution in [1.29, 1.82) is 0 Å². The largest absolute Gasteiger partial charge is 0.398 e. The molecule has 0 radical (unpaired) electrons. The Morgan fingerprint density at radius 3 is 2.94 bits per heavy atom. The van der Waals surface area contributed by atoms with Crippen molar-refractivity contribution in [3.05, 3.63) is 29.6 Å². The molecular formula is C12H17FN2O3. The third-order valence-corrected chi connectivity index (χ3v) is 2.25. The van der Waals surface area contributed by atoms with Gasteiger partial charge in [-0.2, -0.15) is 0 Å². The second-order valence-electron chi connectivity index (χ2n) is 3.68. The van der Waals surface area contributed by atoms with Crippen LogP contribution in [-0.4, -0.2) is 37.4 Å². The Hall–Kier alpha value is -1.66. The highest BCUT2D eigenvalue weighted by Crippen LogP contribution is 2.12. The molecule has 0 aromatic heterocycles. The number of rotatable bonds is 7. The molecule has 0 aliphatic heterocycles. The van der Waals surface area contributed by atoms with Crippen LogP contribution in [0.5, 0.6) is 0 Å². The van der Waals surface area contributed by atoms with E-state index in [-0.39, 0.29) is 24.5 Å². The summed E-state index contributed by atoms with van der Waals surface area (Å²) in [6.45, 7) is 1.11.